The quantitative estimate of drug-likeness (QED) is 0.389. The molecule has 0 saturated carbocycles. The van der Waals surface area contributed by atoms with Crippen molar-refractivity contribution in [1.29, 1.82) is 0 Å². The number of rotatable bonds is 7. The van der Waals surface area contributed by atoms with Crippen LogP contribution in [0.3, 0.4) is 0 Å². The van der Waals surface area contributed by atoms with Crippen molar-refractivity contribution < 1.29 is 14.3 Å². The first-order chi connectivity index (χ1) is 14.3. The van der Waals surface area contributed by atoms with E-state index >= 15 is 0 Å². The number of aromatic nitrogens is 2. The number of ether oxygens (including phenoxy) is 2. The van der Waals surface area contributed by atoms with Gasteiger partial charge in [-0.15, -0.1) is 10.2 Å². The third-order valence-electron chi connectivity index (χ3n) is 4.42. The van der Waals surface area contributed by atoms with Gasteiger partial charge in [0.05, 0.1) is 14.2 Å². The van der Waals surface area contributed by atoms with Crippen LogP contribution in [0.4, 0.5) is 5.13 Å². The molecule has 158 valence electrons. The fraction of sp³-hybridized carbons (Fsp3) is 0.318. The number of nitrogens with one attached hydrogen (secondary N) is 1. The van der Waals surface area contributed by atoms with Crippen LogP contribution in [0.2, 0.25) is 0 Å². The van der Waals surface area contributed by atoms with E-state index in [1.54, 1.807) is 44.2 Å². The first-order valence-electron chi connectivity index (χ1n) is 9.38. The number of nitrogens with zero attached hydrogens (tertiary/aromatic N) is 2. The standard InChI is InChI=1S/C22H25N3O3S2/c1-22(2,3)16-8-6-14(7-9-16)13-29-21-25-24-20(30-21)23-19(26)15-10-17(27-4)12-18(11-15)28-5/h6-12H,13H2,1-5H3,(H,23,24,26). The Bertz CT molecular complexity index is 989. The van der Waals surface area contributed by atoms with Gasteiger partial charge in [0.2, 0.25) is 5.13 Å². The molecule has 3 aromatic rings. The van der Waals surface area contributed by atoms with Gasteiger partial charge >= 0.3 is 0 Å². The monoisotopic (exact) mass is 443 g/mol. The molecule has 0 bridgehead atoms. The first-order valence-corrected chi connectivity index (χ1v) is 11.2. The highest BCUT2D eigenvalue weighted by molar-refractivity contribution is 8.00. The zero-order valence-electron chi connectivity index (χ0n) is 17.7. The van der Waals surface area contributed by atoms with Crippen molar-refractivity contribution >= 4 is 34.1 Å². The Morgan fingerprint density at radius 2 is 1.67 bits per heavy atom. The van der Waals surface area contributed by atoms with Gasteiger partial charge in [-0.3, -0.25) is 10.1 Å². The Kier molecular flexibility index (Phi) is 6.99. The van der Waals surface area contributed by atoms with Crippen LogP contribution >= 0.6 is 23.1 Å². The number of thioether (sulfide) groups is 1. The SMILES string of the molecule is COc1cc(OC)cc(C(=O)Nc2nnc(SCc3ccc(C(C)(C)C)cc3)s2)c1. The second kappa shape index (κ2) is 9.49. The minimum Gasteiger partial charge on any atom is -0.497 e. The molecule has 1 amide bonds. The maximum absolute atomic E-state index is 12.6. The fourth-order valence-corrected chi connectivity index (χ4v) is 4.38. The van der Waals surface area contributed by atoms with Gasteiger partial charge in [-0.05, 0) is 28.7 Å². The summed E-state index contributed by atoms with van der Waals surface area (Å²) in [5.74, 6) is 1.59. The molecule has 6 nitrogen and oxygen atoms in total. The van der Waals surface area contributed by atoms with E-state index in [-0.39, 0.29) is 11.3 Å². The molecule has 1 heterocycles. The van der Waals surface area contributed by atoms with Gasteiger partial charge in [0.15, 0.2) is 4.34 Å². The third kappa shape index (κ3) is 5.73. The normalized spacial score (nSPS) is 11.2. The topological polar surface area (TPSA) is 73.3 Å². The van der Waals surface area contributed by atoms with Crippen molar-refractivity contribution in [2.45, 2.75) is 36.3 Å². The zero-order valence-corrected chi connectivity index (χ0v) is 19.3. The molecule has 0 radical (unpaired) electrons. The van der Waals surface area contributed by atoms with E-state index in [0.29, 0.717) is 22.2 Å². The summed E-state index contributed by atoms with van der Waals surface area (Å²) < 4.78 is 11.2. The van der Waals surface area contributed by atoms with Crippen molar-refractivity contribution in [3.8, 4) is 11.5 Å². The van der Waals surface area contributed by atoms with Gasteiger partial charge in [0.1, 0.15) is 11.5 Å². The summed E-state index contributed by atoms with van der Waals surface area (Å²) in [5.41, 5.74) is 3.10. The number of amides is 1. The van der Waals surface area contributed by atoms with Crippen LogP contribution in [0.5, 0.6) is 11.5 Å². The van der Waals surface area contributed by atoms with Crippen LogP contribution in [-0.2, 0) is 11.2 Å². The highest BCUT2D eigenvalue weighted by Crippen LogP contribution is 2.30. The summed E-state index contributed by atoms with van der Waals surface area (Å²) >= 11 is 2.95. The first kappa shape index (κ1) is 22.1. The lowest BCUT2D eigenvalue weighted by Gasteiger charge is -2.19. The van der Waals surface area contributed by atoms with E-state index in [1.807, 2.05) is 0 Å². The van der Waals surface area contributed by atoms with Crippen LogP contribution in [0.15, 0.2) is 46.8 Å². The summed E-state index contributed by atoms with van der Waals surface area (Å²) in [6.45, 7) is 6.61. The maximum Gasteiger partial charge on any atom is 0.257 e. The van der Waals surface area contributed by atoms with Gasteiger partial charge in [-0.1, -0.05) is 68.1 Å². The Morgan fingerprint density at radius 1 is 1.03 bits per heavy atom. The molecule has 0 unspecified atom stereocenters. The Morgan fingerprint density at radius 3 is 2.23 bits per heavy atom. The minimum atomic E-state index is -0.294. The van der Waals surface area contributed by atoms with Gasteiger partial charge in [0.25, 0.3) is 5.91 Å². The Hall–Kier alpha value is -2.58. The molecule has 0 aliphatic heterocycles. The third-order valence-corrected chi connectivity index (χ3v) is 6.47. The minimum absolute atomic E-state index is 0.144. The van der Waals surface area contributed by atoms with Crippen LogP contribution in [0.1, 0.15) is 42.3 Å². The lowest BCUT2D eigenvalue weighted by atomic mass is 9.87. The van der Waals surface area contributed by atoms with Crippen molar-refractivity contribution in [2.24, 2.45) is 0 Å². The predicted molar refractivity (Wildman–Crippen MR) is 122 cm³/mol. The molecule has 0 atom stereocenters. The average molecular weight is 444 g/mol. The summed E-state index contributed by atoms with van der Waals surface area (Å²) in [7, 11) is 3.09. The number of methoxy groups -OCH3 is 2. The number of hydrogen-bond acceptors (Lipinski definition) is 7. The summed E-state index contributed by atoms with van der Waals surface area (Å²) in [6.07, 6.45) is 0. The fourth-order valence-electron chi connectivity index (χ4n) is 2.67. The van der Waals surface area contributed by atoms with Gasteiger partial charge in [0, 0.05) is 17.4 Å². The van der Waals surface area contributed by atoms with E-state index in [2.05, 4.69) is 60.6 Å². The largest absolute Gasteiger partial charge is 0.497 e. The van der Waals surface area contributed by atoms with Gasteiger partial charge < -0.3 is 9.47 Å². The summed E-state index contributed by atoms with van der Waals surface area (Å²) in [6, 6.07) is 13.6. The number of carbonyl (C=O) groups excluding carboxylic acids is 1. The molecule has 1 N–H and O–H groups in total. The maximum atomic E-state index is 12.6. The molecule has 3 rings (SSSR count). The molecule has 0 spiro atoms. The second-order valence-electron chi connectivity index (χ2n) is 7.66. The molecule has 30 heavy (non-hydrogen) atoms. The lowest BCUT2D eigenvalue weighted by Crippen LogP contribution is -2.12. The molecule has 2 aromatic carbocycles. The summed E-state index contributed by atoms with van der Waals surface area (Å²) in [4.78, 5) is 12.6. The highest BCUT2D eigenvalue weighted by atomic mass is 32.2. The zero-order chi connectivity index (χ0) is 21.7. The second-order valence-corrected chi connectivity index (χ2v) is 9.86. The molecule has 1 aromatic heterocycles. The number of benzene rings is 2. The van der Waals surface area contributed by atoms with Crippen LogP contribution < -0.4 is 14.8 Å². The molecular formula is C22H25N3O3S2. The number of hydrogen-bond donors (Lipinski definition) is 1. The van der Waals surface area contributed by atoms with Crippen molar-refractivity contribution in [1.82, 2.24) is 10.2 Å². The average Bonchev–Trinajstić information content (AvgIpc) is 3.18. The molecule has 0 aliphatic rings. The van der Waals surface area contributed by atoms with E-state index < -0.39 is 0 Å². The van der Waals surface area contributed by atoms with Crippen LogP contribution in [0, 0.1) is 0 Å². The smallest absolute Gasteiger partial charge is 0.257 e. The molecule has 0 fully saturated rings. The van der Waals surface area contributed by atoms with E-state index in [9.17, 15) is 4.79 Å². The van der Waals surface area contributed by atoms with Gasteiger partial charge in [-0.25, -0.2) is 0 Å². The molecular weight excluding hydrogens is 418 g/mol. The van der Waals surface area contributed by atoms with Crippen molar-refractivity contribution in [2.75, 3.05) is 19.5 Å². The highest BCUT2D eigenvalue weighted by Gasteiger charge is 2.15. The number of anilines is 1. The summed E-state index contributed by atoms with van der Waals surface area (Å²) in [5, 5.41) is 11.5. The van der Waals surface area contributed by atoms with Crippen LogP contribution in [0.25, 0.3) is 0 Å². The molecule has 0 saturated heterocycles. The van der Waals surface area contributed by atoms with E-state index in [4.69, 9.17) is 9.47 Å². The van der Waals surface area contributed by atoms with E-state index in [1.165, 1.54) is 22.5 Å². The Labute approximate surface area is 185 Å². The number of carbonyl (C=O) groups is 1. The lowest BCUT2D eigenvalue weighted by molar-refractivity contribution is 0.102. The Balaban J connectivity index is 1.60. The molecule has 8 heteroatoms. The molecule has 0 aliphatic carbocycles. The predicted octanol–water partition coefficient (Wildman–Crippen LogP) is 5.40. The van der Waals surface area contributed by atoms with Crippen molar-refractivity contribution in [3.63, 3.8) is 0 Å². The van der Waals surface area contributed by atoms with Crippen LogP contribution in [-0.4, -0.2) is 30.3 Å². The van der Waals surface area contributed by atoms with E-state index in [0.717, 1.165) is 10.1 Å². The van der Waals surface area contributed by atoms with Crippen molar-refractivity contribution in [3.05, 3.63) is 59.2 Å². The van der Waals surface area contributed by atoms with Gasteiger partial charge in [-0.2, -0.15) is 0 Å².